The number of pyridine rings is 1. The van der Waals surface area contributed by atoms with Gasteiger partial charge in [-0.2, -0.15) is 5.26 Å². The summed E-state index contributed by atoms with van der Waals surface area (Å²) < 4.78 is 40.1. The molecule has 0 aliphatic carbocycles. The van der Waals surface area contributed by atoms with Crippen LogP contribution in [0.15, 0.2) is 10.7 Å². The molecule has 1 rings (SSSR count). The molecule has 0 spiro atoms. The highest BCUT2D eigenvalue weighted by molar-refractivity contribution is 14.1. The number of aromatic nitrogens is 1. The first-order valence-electron chi connectivity index (χ1n) is 3.35. The van der Waals surface area contributed by atoms with Crippen LogP contribution in [0.5, 0.6) is 5.75 Å². The molecule has 0 N–H and O–H groups in total. The molecule has 1 aromatic rings. The van der Waals surface area contributed by atoms with Crippen LogP contribution in [-0.4, -0.2) is 11.3 Å². The average Bonchev–Trinajstić information content (AvgIpc) is 2.08. The maximum atomic E-state index is 11.9. The van der Waals surface area contributed by atoms with E-state index in [0.29, 0.717) is 8.17 Å². The van der Waals surface area contributed by atoms with Crippen molar-refractivity contribution in [1.82, 2.24) is 4.98 Å². The van der Waals surface area contributed by atoms with E-state index in [4.69, 9.17) is 5.26 Å². The van der Waals surface area contributed by atoms with Crippen molar-refractivity contribution in [3.8, 4) is 11.8 Å². The molecule has 0 aromatic carbocycles. The number of rotatable bonds is 1. The lowest BCUT2D eigenvalue weighted by molar-refractivity contribution is -0.274. The molecular weight excluding hydrogens is 392 g/mol. The zero-order valence-electron chi connectivity index (χ0n) is 6.77. The molecule has 80 valence electrons. The summed E-state index contributed by atoms with van der Waals surface area (Å²) in [4.78, 5) is 3.60. The molecule has 0 unspecified atom stereocenters. The van der Waals surface area contributed by atoms with Crippen molar-refractivity contribution in [1.29, 1.82) is 5.26 Å². The molecule has 0 amide bonds. The predicted molar refractivity (Wildman–Crippen MR) is 56.1 cm³/mol. The van der Waals surface area contributed by atoms with E-state index in [1.165, 1.54) is 6.07 Å². The first-order valence-corrected chi connectivity index (χ1v) is 5.22. The van der Waals surface area contributed by atoms with Gasteiger partial charge in [-0.05, 0) is 44.6 Å². The second-order valence-corrected chi connectivity index (χ2v) is 4.18. The Balaban J connectivity index is 3.18. The third kappa shape index (κ3) is 3.49. The van der Waals surface area contributed by atoms with E-state index >= 15 is 0 Å². The van der Waals surface area contributed by atoms with Gasteiger partial charge >= 0.3 is 6.36 Å². The van der Waals surface area contributed by atoms with Gasteiger partial charge in [0.2, 0.25) is 0 Å². The van der Waals surface area contributed by atoms with E-state index in [-0.39, 0.29) is 0 Å². The van der Waals surface area contributed by atoms with Crippen molar-refractivity contribution in [3.63, 3.8) is 0 Å². The molecule has 0 aliphatic heterocycles. The van der Waals surface area contributed by atoms with E-state index in [1.54, 1.807) is 22.6 Å². The average molecular weight is 393 g/mol. The minimum atomic E-state index is -4.83. The van der Waals surface area contributed by atoms with Crippen LogP contribution in [0.4, 0.5) is 13.2 Å². The van der Waals surface area contributed by atoms with Crippen molar-refractivity contribution in [2.75, 3.05) is 0 Å². The molecule has 8 heteroatoms. The van der Waals surface area contributed by atoms with E-state index in [9.17, 15) is 13.2 Å². The van der Waals surface area contributed by atoms with Crippen molar-refractivity contribution in [2.24, 2.45) is 0 Å². The van der Waals surface area contributed by atoms with E-state index in [0.717, 1.165) is 6.07 Å². The van der Waals surface area contributed by atoms with Gasteiger partial charge in [0.05, 0.1) is 0 Å². The molecule has 0 bridgehead atoms. The Morgan fingerprint density at radius 3 is 2.60 bits per heavy atom. The van der Waals surface area contributed by atoms with Crippen LogP contribution in [-0.2, 0) is 0 Å². The smallest absolute Gasteiger partial charge is 0.403 e. The summed E-state index contributed by atoms with van der Waals surface area (Å²) in [5, 5.41) is 8.55. The SMILES string of the molecule is N#Cc1nc(Br)c(I)cc1OC(F)(F)F. The van der Waals surface area contributed by atoms with Gasteiger partial charge < -0.3 is 4.74 Å². The molecule has 0 aliphatic rings. The topological polar surface area (TPSA) is 45.9 Å². The lowest BCUT2D eigenvalue weighted by Crippen LogP contribution is -2.18. The molecule has 3 nitrogen and oxygen atoms in total. The molecule has 0 radical (unpaired) electrons. The largest absolute Gasteiger partial charge is 0.573 e. The first kappa shape index (κ1) is 12.5. The minimum Gasteiger partial charge on any atom is -0.403 e. The van der Waals surface area contributed by atoms with Gasteiger partial charge in [-0.3, -0.25) is 0 Å². The highest BCUT2D eigenvalue weighted by atomic mass is 127. The van der Waals surface area contributed by atoms with Crippen LogP contribution < -0.4 is 4.74 Å². The van der Waals surface area contributed by atoms with E-state index in [2.05, 4.69) is 25.7 Å². The quantitative estimate of drug-likeness (QED) is 0.544. The number of hydrogen-bond donors (Lipinski definition) is 0. The van der Waals surface area contributed by atoms with Crippen LogP contribution in [0.1, 0.15) is 5.69 Å². The Morgan fingerprint density at radius 1 is 1.53 bits per heavy atom. The van der Waals surface area contributed by atoms with Crippen LogP contribution >= 0.6 is 38.5 Å². The summed E-state index contributed by atoms with van der Waals surface area (Å²) in [6.45, 7) is 0. The highest BCUT2D eigenvalue weighted by Gasteiger charge is 2.32. The summed E-state index contributed by atoms with van der Waals surface area (Å²) >= 11 is 4.76. The molecule has 0 saturated carbocycles. The molecule has 1 aromatic heterocycles. The normalized spacial score (nSPS) is 10.9. The molecule has 1 heterocycles. The van der Waals surface area contributed by atoms with Gasteiger partial charge in [-0.15, -0.1) is 13.2 Å². The van der Waals surface area contributed by atoms with Crippen molar-refractivity contribution in [2.45, 2.75) is 6.36 Å². The van der Waals surface area contributed by atoms with Gasteiger partial charge in [0.25, 0.3) is 0 Å². The molecular formula is C7HBrF3IN2O. The van der Waals surface area contributed by atoms with Gasteiger partial charge in [0, 0.05) is 3.57 Å². The number of nitriles is 1. The van der Waals surface area contributed by atoms with E-state index in [1.807, 2.05) is 0 Å². The maximum absolute atomic E-state index is 11.9. The zero-order valence-corrected chi connectivity index (χ0v) is 10.5. The maximum Gasteiger partial charge on any atom is 0.573 e. The van der Waals surface area contributed by atoms with Crippen LogP contribution in [0, 0.1) is 14.9 Å². The van der Waals surface area contributed by atoms with Crippen LogP contribution in [0.3, 0.4) is 0 Å². The third-order valence-corrected chi connectivity index (χ3v) is 3.40. The second kappa shape index (κ2) is 4.52. The summed E-state index contributed by atoms with van der Waals surface area (Å²) in [6.07, 6.45) is -4.83. The van der Waals surface area contributed by atoms with E-state index < -0.39 is 17.8 Å². The van der Waals surface area contributed by atoms with Crippen molar-refractivity contribution < 1.29 is 17.9 Å². The predicted octanol–water partition coefficient (Wildman–Crippen LogP) is 3.22. The second-order valence-electron chi connectivity index (χ2n) is 2.27. The monoisotopic (exact) mass is 392 g/mol. The number of halogens is 5. The molecule has 0 atom stereocenters. The van der Waals surface area contributed by atoms with Crippen LogP contribution in [0.2, 0.25) is 0 Å². The Hall–Kier alpha value is -0.560. The number of hydrogen-bond acceptors (Lipinski definition) is 3. The third-order valence-electron chi connectivity index (χ3n) is 1.23. The lowest BCUT2D eigenvalue weighted by Gasteiger charge is -2.10. The fraction of sp³-hybridized carbons (Fsp3) is 0.143. The zero-order chi connectivity index (χ0) is 11.6. The number of alkyl halides is 3. The summed E-state index contributed by atoms with van der Waals surface area (Å²) in [5.41, 5.74) is -0.417. The van der Waals surface area contributed by atoms with Crippen molar-refractivity contribution >= 4 is 38.5 Å². The Bertz CT molecular complexity index is 429. The van der Waals surface area contributed by atoms with Gasteiger partial charge in [0.15, 0.2) is 11.4 Å². The highest BCUT2D eigenvalue weighted by Crippen LogP contribution is 2.29. The molecule has 0 saturated heterocycles. The Labute approximate surface area is 105 Å². The lowest BCUT2D eigenvalue weighted by atomic mass is 10.3. The van der Waals surface area contributed by atoms with Crippen LogP contribution in [0.25, 0.3) is 0 Å². The Morgan fingerprint density at radius 2 is 2.13 bits per heavy atom. The molecule has 15 heavy (non-hydrogen) atoms. The molecule has 0 fully saturated rings. The van der Waals surface area contributed by atoms with Gasteiger partial charge in [-0.1, -0.05) is 0 Å². The minimum absolute atomic E-state index is 0.300. The number of nitrogens with zero attached hydrogens (tertiary/aromatic N) is 2. The first-order chi connectivity index (χ1) is 6.83. The standard InChI is InChI=1S/C7HBrF3IN2O/c8-6-3(12)1-5(4(2-13)14-6)15-7(9,10)11/h1H. The van der Waals surface area contributed by atoms with Crippen molar-refractivity contribution in [3.05, 3.63) is 19.9 Å². The summed E-state index contributed by atoms with van der Waals surface area (Å²) in [5.74, 6) is -0.599. The fourth-order valence-corrected chi connectivity index (χ4v) is 1.43. The van der Waals surface area contributed by atoms with Gasteiger partial charge in [-0.25, -0.2) is 4.98 Å². The van der Waals surface area contributed by atoms with Gasteiger partial charge in [0.1, 0.15) is 10.7 Å². The Kier molecular flexibility index (Phi) is 3.77. The number of ether oxygens (including phenoxy) is 1. The fourth-order valence-electron chi connectivity index (χ4n) is 0.732. The summed E-state index contributed by atoms with van der Waals surface area (Å²) in [6, 6.07) is 2.60. The summed E-state index contributed by atoms with van der Waals surface area (Å²) in [7, 11) is 0.